The first-order chi connectivity index (χ1) is 9.10. The lowest BCUT2D eigenvalue weighted by Gasteiger charge is -2.13. The van der Waals surface area contributed by atoms with E-state index in [9.17, 15) is 4.79 Å². The summed E-state index contributed by atoms with van der Waals surface area (Å²) < 4.78 is 10.3. The summed E-state index contributed by atoms with van der Waals surface area (Å²) in [5, 5.41) is 3.39. The summed E-state index contributed by atoms with van der Waals surface area (Å²) in [7, 11) is 3.10. The maximum absolute atomic E-state index is 11.7. The average molecular weight is 287 g/mol. The SMILES string of the molecule is COc1cc(Cl)ccc1CNC(=O)CC(CN)OC. The average Bonchev–Trinajstić information content (AvgIpc) is 2.43. The summed E-state index contributed by atoms with van der Waals surface area (Å²) in [6.45, 7) is 0.689. The predicted molar refractivity (Wildman–Crippen MR) is 74.3 cm³/mol. The minimum Gasteiger partial charge on any atom is -0.496 e. The minimum atomic E-state index is -0.257. The van der Waals surface area contributed by atoms with Crippen LogP contribution in [0.5, 0.6) is 5.75 Å². The van der Waals surface area contributed by atoms with Gasteiger partial charge in [0.15, 0.2) is 0 Å². The summed E-state index contributed by atoms with van der Waals surface area (Å²) in [5.41, 5.74) is 6.32. The van der Waals surface area contributed by atoms with E-state index in [2.05, 4.69) is 5.32 Å². The normalized spacial score (nSPS) is 12.0. The number of halogens is 1. The lowest BCUT2D eigenvalue weighted by molar-refractivity contribution is -0.123. The number of rotatable bonds is 7. The predicted octanol–water partition coefficient (Wildman–Crippen LogP) is 1.33. The van der Waals surface area contributed by atoms with E-state index in [1.165, 1.54) is 7.11 Å². The number of nitrogens with one attached hydrogen (secondary N) is 1. The highest BCUT2D eigenvalue weighted by Crippen LogP contribution is 2.22. The largest absolute Gasteiger partial charge is 0.496 e. The van der Waals surface area contributed by atoms with Crippen LogP contribution in [0.4, 0.5) is 0 Å². The van der Waals surface area contributed by atoms with Crippen molar-refractivity contribution in [3.05, 3.63) is 28.8 Å². The van der Waals surface area contributed by atoms with E-state index >= 15 is 0 Å². The number of hydrogen-bond donors (Lipinski definition) is 2. The van der Waals surface area contributed by atoms with Crippen LogP contribution in [0.3, 0.4) is 0 Å². The van der Waals surface area contributed by atoms with Gasteiger partial charge >= 0.3 is 0 Å². The van der Waals surface area contributed by atoms with Gasteiger partial charge in [0.05, 0.1) is 19.6 Å². The molecule has 0 heterocycles. The summed E-state index contributed by atoms with van der Waals surface area (Å²) in [5.74, 6) is 0.532. The van der Waals surface area contributed by atoms with Crippen LogP contribution in [-0.4, -0.2) is 32.8 Å². The Hall–Kier alpha value is -1.30. The van der Waals surface area contributed by atoms with Crippen molar-refractivity contribution >= 4 is 17.5 Å². The van der Waals surface area contributed by atoms with Gasteiger partial charge in [0.1, 0.15) is 5.75 Å². The number of amides is 1. The molecule has 0 aliphatic rings. The zero-order valence-electron chi connectivity index (χ0n) is 11.1. The third-order valence-electron chi connectivity index (χ3n) is 2.73. The molecule has 1 aromatic rings. The molecule has 0 aliphatic heterocycles. The van der Waals surface area contributed by atoms with Crippen LogP contribution in [0.25, 0.3) is 0 Å². The fourth-order valence-electron chi connectivity index (χ4n) is 1.60. The second kappa shape index (κ2) is 7.99. The van der Waals surface area contributed by atoms with Gasteiger partial charge in [0, 0.05) is 30.8 Å². The van der Waals surface area contributed by atoms with Crippen molar-refractivity contribution in [1.29, 1.82) is 0 Å². The summed E-state index contributed by atoms with van der Waals surface area (Å²) >= 11 is 5.87. The Morgan fingerprint density at radius 2 is 2.21 bits per heavy atom. The zero-order chi connectivity index (χ0) is 14.3. The first-order valence-electron chi connectivity index (χ1n) is 5.92. The van der Waals surface area contributed by atoms with Gasteiger partial charge < -0.3 is 20.5 Å². The Morgan fingerprint density at radius 3 is 2.79 bits per heavy atom. The fourth-order valence-corrected chi connectivity index (χ4v) is 1.76. The summed E-state index contributed by atoms with van der Waals surface area (Å²) in [6.07, 6.45) is -0.0183. The van der Waals surface area contributed by atoms with Gasteiger partial charge in [-0.25, -0.2) is 0 Å². The van der Waals surface area contributed by atoms with Crippen molar-refractivity contribution in [3.63, 3.8) is 0 Å². The van der Waals surface area contributed by atoms with Crippen molar-refractivity contribution in [2.75, 3.05) is 20.8 Å². The highest BCUT2D eigenvalue weighted by molar-refractivity contribution is 6.30. The van der Waals surface area contributed by atoms with Crippen molar-refractivity contribution < 1.29 is 14.3 Å². The van der Waals surface area contributed by atoms with Crippen molar-refractivity contribution in [2.24, 2.45) is 5.73 Å². The number of nitrogens with two attached hydrogens (primary N) is 1. The van der Waals surface area contributed by atoms with E-state index in [0.29, 0.717) is 23.9 Å². The van der Waals surface area contributed by atoms with E-state index in [1.807, 2.05) is 6.07 Å². The van der Waals surface area contributed by atoms with Crippen LogP contribution in [0.1, 0.15) is 12.0 Å². The molecule has 1 amide bonds. The van der Waals surface area contributed by atoms with Crippen LogP contribution in [0.2, 0.25) is 5.02 Å². The van der Waals surface area contributed by atoms with Gasteiger partial charge in [-0.15, -0.1) is 0 Å². The number of ether oxygens (including phenoxy) is 2. The first-order valence-corrected chi connectivity index (χ1v) is 6.30. The molecule has 6 heteroatoms. The van der Waals surface area contributed by atoms with E-state index in [1.54, 1.807) is 19.2 Å². The number of hydrogen-bond acceptors (Lipinski definition) is 4. The standard InChI is InChI=1S/C13H19ClN2O3/c1-18-11(7-15)6-13(17)16-8-9-3-4-10(14)5-12(9)19-2/h3-5,11H,6-8,15H2,1-2H3,(H,16,17). The van der Waals surface area contributed by atoms with E-state index in [-0.39, 0.29) is 18.4 Å². The van der Waals surface area contributed by atoms with Crippen LogP contribution in [0, 0.1) is 0 Å². The third kappa shape index (κ3) is 5.06. The van der Waals surface area contributed by atoms with Crippen molar-refractivity contribution in [3.8, 4) is 5.75 Å². The molecule has 1 aromatic carbocycles. The lowest BCUT2D eigenvalue weighted by atomic mass is 10.2. The van der Waals surface area contributed by atoms with Crippen molar-refractivity contribution in [1.82, 2.24) is 5.32 Å². The van der Waals surface area contributed by atoms with Crippen LogP contribution in [0.15, 0.2) is 18.2 Å². The minimum absolute atomic E-state index is 0.116. The van der Waals surface area contributed by atoms with E-state index < -0.39 is 0 Å². The molecule has 106 valence electrons. The highest BCUT2D eigenvalue weighted by Gasteiger charge is 2.12. The highest BCUT2D eigenvalue weighted by atomic mass is 35.5. The zero-order valence-corrected chi connectivity index (χ0v) is 11.9. The maximum atomic E-state index is 11.7. The van der Waals surface area contributed by atoms with Crippen LogP contribution < -0.4 is 15.8 Å². The second-order valence-electron chi connectivity index (χ2n) is 4.03. The molecule has 1 rings (SSSR count). The number of methoxy groups -OCH3 is 2. The Morgan fingerprint density at radius 1 is 1.47 bits per heavy atom. The fraction of sp³-hybridized carbons (Fsp3) is 0.462. The molecule has 0 saturated heterocycles. The molecule has 1 unspecified atom stereocenters. The Bertz CT molecular complexity index is 422. The molecule has 0 spiro atoms. The van der Waals surface area contributed by atoms with Crippen LogP contribution in [-0.2, 0) is 16.1 Å². The number of carbonyl (C=O) groups excluding carboxylic acids is 1. The molecule has 0 radical (unpaired) electrons. The van der Waals surface area contributed by atoms with Gasteiger partial charge in [0.2, 0.25) is 5.91 Å². The molecule has 0 fully saturated rings. The van der Waals surface area contributed by atoms with Gasteiger partial charge in [-0.3, -0.25) is 4.79 Å². The van der Waals surface area contributed by atoms with Gasteiger partial charge in [-0.2, -0.15) is 0 Å². The molecule has 0 saturated carbocycles. The number of benzene rings is 1. The first kappa shape index (κ1) is 15.8. The van der Waals surface area contributed by atoms with Crippen molar-refractivity contribution in [2.45, 2.75) is 19.1 Å². The Labute approximate surface area is 118 Å². The molecule has 5 nitrogen and oxygen atoms in total. The molecule has 3 N–H and O–H groups in total. The molecule has 0 aromatic heterocycles. The smallest absolute Gasteiger partial charge is 0.222 e. The Kier molecular flexibility index (Phi) is 6.62. The van der Waals surface area contributed by atoms with Crippen LogP contribution >= 0.6 is 11.6 Å². The monoisotopic (exact) mass is 286 g/mol. The lowest BCUT2D eigenvalue weighted by Crippen LogP contribution is -2.32. The van der Waals surface area contributed by atoms with Gasteiger partial charge in [0.25, 0.3) is 0 Å². The third-order valence-corrected chi connectivity index (χ3v) is 2.97. The second-order valence-corrected chi connectivity index (χ2v) is 4.47. The molecule has 1 atom stereocenters. The topological polar surface area (TPSA) is 73.6 Å². The summed E-state index contributed by atoms with van der Waals surface area (Å²) in [6, 6.07) is 5.28. The molecular weight excluding hydrogens is 268 g/mol. The van der Waals surface area contributed by atoms with Gasteiger partial charge in [-0.05, 0) is 12.1 Å². The molecule has 19 heavy (non-hydrogen) atoms. The number of carbonyl (C=O) groups is 1. The Balaban J connectivity index is 2.54. The quantitative estimate of drug-likeness (QED) is 0.793. The molecule has 0 aliphatic carbocycles. The molecule has 0 bridgehead atoms. The molecular formula is C13H19ClN2O3. The maximum Gasteiger partial charge on any atom is 0.222 e. The van der Waals surface area contributed by atoms with E-state index in [4.69, 9.17) is 26.8 Å². The summed E-state index contributed by atoms with van der Waals surface area (Å²) in [4.78, 5) is 11.7. The van der Waals surface area contributed by atoms with E-state index in [0.717, 1.165) is 5.56 Å². The van der Waals surface area contributed by atoms with Gasteiger partial charge in [-0.1, -0.05) is 17.7 Å².